The van der Waals surface area contributed by atoms with Crippen LogP contribution in [0.15, 0.2) is 108 Å². The van der Waals surface area contributed by atoms with Crippen molar-refractivity contribution in [1.29, 1.82) is 0 Å². The van der Waals surface area contributed by atoms with Crippen LogP contribution >= 0.6 is 0 Å². The van der Waals surface area contributed by atoms with Gasteiger partial charge in [-0.3, -0.25) is 0 Å². The van der Waals surface area contributed by atoms with Crippen molar-refractivity contribution in [2.24, 2.45) is 0 Å². The van der Waals surface area contributed by atoms with Crippen LogP contribution in [0.4, 0.5) is 0 Å². The molecule has 5 aromatic rings. The lowest BCUT2D eigenvalue weighted by molar-refractivity contribution is -0.153. The third-order valence-corrected chi connectivity index (χ3v) is 7.00. The molecule has 0 unspecified atom stereocenters. The molecule has 0 fully saturated rings. The first-order valence-corrected chi connectivity index (χ1v) is 13.6. The number of aryl methyl sites for hydroxylation is 2. The number of carbonyl (C=O) groups is 1. The first-order valence-electron chi connectivity index (χ1n) is 13.6. The molecule has 6 nitrogen and oxygen atoms in total. The van der Waals surface area contributed by atoms with Crippen LogP contribution in [0.2, 0.25) is 0 Å². The van der Waals surface area contributed by atoms with Gasteiger partial charge >= 0.3 is 5.97 Å². The zero-order chi connectivity index (χ0) is 28.8. The lowest BCUT2D eigenvalue weighted by Crippen LogP contribution is -2.43. The van der Waals surface area contributed by atoms with Gasteiger partial charge in [0.25, 0.3) is 0 Å². The van der Waals surface area contributed by atoms with E-state index in [2.05, 4.69) is 24.3 Å². The first kappa shape index (κ1) is 27.7. The summed E-state index contributed by atoms with van der Waals surface area (Å²) in [6.07, 6.45) is 0.805. The maximum Gasteiger partial charge on any atom is 0.348 e. The predicted molar refractivity (Wildman–Crippen MR) is 159 cm³/mol. The molecule has 0 saturated heterocycles. The fourth-order valence-corrected chi connectivity index (χ4v) is 4.63. The van der Waals surface area contributed by atoms with Gasteiger partial charge in [0.05, 0.1) is 12.3 Å². The second-order valence-electron chi connectivity index (χ2n) is 10.3. The number of benzene rings is 4. The number of carboxylic acid groups (broad SMARTS) is 1. The molecule has 1 aromatic heterocycles. The summed E-state index contributed by atoms with van der Waals surface area (Å²) in [5.41, 5.74) is 4.55. The highest BCUT2D eigenvalue weighted by atomic mass is 16.5. The molecule has 0 amide bonds. The van der Waals surface area contributed by atoms with E-state index in [1.54, 1.807) is 19.1 Å². The Labute approximate surface area is 240 Å². The van der Waals surface area contributed by atoms with Crippen molar-refractivity contribution in [2.75, 3.05) is 6.61 Å². The van der Waals surface area contributed by atoms with Gasteiger partial charge in [0.1, 0.15) is 17.3 Å². The highest BCUT2D eigenvalue weighted by Gasteiger charge is 2.36. The Balaban J connectivity index is 1.19. The summed E-state index contributed by atoms with van der Waals surface area (Å²) in [5, 5.41) is 9.89. The fourth-order valence-electron chi connectivity index (χ4n) is 4.63. The number of aliphatic carboxylic acids is 1. The van der Waals surface area contributed by atoms with Crippen LogP contribution < -0.4 is 9.47 Å². The van der Waals surface area contributed by atoms with Crippen LogP contribution in [-0.4, -0.2) is 28.3 Å². The highest BCUT2D eigenvalue weighted by Crippen LogP contribution is 2.28. The second kappa shape index (κ2) is 12.1. The summed E-state index contributed by atoms with van der Waals surface area (Å²) in [5.74, 6) is 1.56. The number of hydrogen-bond donors (Lipinski definition) is 1. The molecule has 208 valence electrons. The van der Waals surface area contributed by atoms with Gasteiger partial charge in [0.15, 0.2) is 0 Å². The predicted octanol–water partition coefficient (Wildman–Crippen LogP) is 7.71. The van der Waals surface area contributed by atoms with Gasteiger partial charge in [-0.1, -0.05) is 72.3 Å². The standard InChI is InChI=1S/C35H33NO5/c1-24-12-16-31(17-13-24)41-35(3,34(37)38)23-26-14-18-30(19-15-26)39-21-20-32-25(2)40-33(36-32)29-11-7-10-28(22-29)27-8-5-4-6-9-27/h4-19,22H,20-21,23H2,1-3H3,(H,37,38)/t35-/m1/s1. The summed E-state index contributed by atoms with van der Waals surface area (Å²) in [4.78, 5) is 16.8. The van der Waals surface area contributed by atoms with Crippen molar-refractivity contribution in [2.45, 2.75) is 39.2 Å². The average molecular weight is 548 g/mol. The topological polar surface area (TPSA) is 81.8 Å². The molecule has 0 radical (unpaired) electrons. The summed E-state index contributed by atoms with van der Waals surface area (Å²) in [6.45, 7) is 5.91. The molecule has 1 atom stereocenters. The number of hydrogen-bond acceptors (Lipinski definition) is 5. The fraction of sp³-hybridized carbons (Fsp3) is 0.200. The van der Waals surface area contributed by atoms with E-state index in [-0.39, 0.29) is 6.42 Å². The number of rotatable bonds is 11. The average Bonchev–Trinajstić information content (AvgIpc) is 3.36. The number of oxazole rings is 1. The molecule has 41 heavy (non-hydrogen) atoms. The normalized spacial score (nSPS) is 12.5. The zero-order valence-corrected chi connectivity index (χ0v) is 23.5. The number of aromatic nitrogens is 1. The molecule has 0 bridgehead atoms. The largest absolute Gasteiger partial charge is 0.493 e. The number of carboxylic acids is 1. The Bertz CT molecular complexity index is 1610. The number of nitrogens with zero attached hydrogens (tertiary/aromatic N) is 1. The van der Waals surface area contributed by atoms with Crippen LogP contribution in [0, 0.1) is 13.8 Å². The van der Waals surface area contributed by atoms with E-state index in [1.165, 1.54) is 0 Å². The van der Waals surface area contributed by atoms with Crippen molar-refractivity contribution < 1.29 is 23.8 Å². The van der Waals surface area contributed by atoms with E-state index in [9.17, 15) is 9.90 Å². The molecule has 0 aliphatic heterocycles. The van der Waals surface area contributed by atoms with Gasteiger partial charge < -0.3 is 19.0 Å². The van der Waals surface area contributed by atoms with E-state index in [4.69, 9.17) is 18.9 Å². The van der Waals surface area contributed by atoms with Crippen LogP contribution in [0.25, 0.3) is 22.6 Å². The van der Waals surface area contributed by atoms with Gasteiger partial charge in [0, 0.05) is 18.4 Å². The maximum absolute atomic E-state index is 12.1. The van der Waals surface area contributed by atoms with E-state index in [1.807, 2.05) is 80.6 Å². The third-order valence-electron chi connectivity index (χ3n) is 7.00. The SMILES string of the molecule is Cc1ccc(O[C@](C)(Cc2ccc(OCCc3nc(-c4cccc(-c5ccccc5)c4)oc3C)cc2)C(=O)O)cc1. The second-order valence-corrected chi connectivity index (χ2v) is 10.3. The molecule has 6 heteroatoms. The van der Waals surface area contributed by atoms with Crippen LogP contribution in [0.3, 0.4) is 0 Å². The van der Waals surface area contributed by atoms with E-state index in [0.717, 1.165) is 39.3 Å². The minimum atomic E-state index is -1.40. The quantitative estimate of drug-likeness (QED) is 0.182. The molecule has 0 aliphatic carbocycles. The summed E-state index contributed by atoms with van der Waals surface area (Å²) in [6, 6.07) is 33.2. The minimum absolute atomic E-state index is 0.211. The first-order chi connectivity index (χ1) is 19.8. The Morgan fingerprint density at radius 2 is 1.49 bits per heavy atom. The van der Waals surface area contributed by atoms with Gasteiger partial charge in [-0.2, -0.15) is 0 Å². The summed E-state index contributed by atoms with van der Waals surface area (Å²) >= 11 is 0. The minimum Gasteiger partial charge on any atom is -0.493 e. The molecule has 1 heterocycles. The molecular weight excluding hydrogens is 514 g/mol. The van der Waals surface area contributed by atoms with Crippen molar-refractivity contribution in [1.82, 2.24) is 4.98 Å². The Morgan fingerprint density at radius 3 is 2.20 bits per heavy atom. The molecule has 4 aromatic carbocycles. The Hall–Kier alpha value is -4.84. The molecule has 1 N–H and O–H groups in total. The molecule has 0 aliphatic rings. The lowest BCUT2D eigenvalue weighted by atomic mass is 9.96. The van der Waals surface area contributed by atoms with Crippen molar-refractivity contribution >= 4 is 5.97 Å². The maximum atomic E-state index is 12.1. The Kier molecular flexibility index (Phi) is 8.20. The van der Waals surface area contributed by atoms with E-state index >= 15 is 0 Å². The summed E-state index contributed by atoms with van der Waals surface area (Å²) < 4.78 is 17.9. The highest BCUT2D eigenvalue weighted by molar-refractivity contribution is 5.78. The van der Waals surface area contributed by atoms with Crippen molar-refractivity contribution in [3.63, 3.8) is 0 Å². The smallest absolute Gasteiger partial charge is 0.348 e. The van der Waals surface area contributed by atoms with Crippen LogP contribution in [0.5, 0.6) is 11.5 Å². The van der Waals surface area contributed by atoms with Gasteiger partial charge in [0.2, 0.25) is 11.5 Å². The lowest BCUT2D eigenvalue weighted by Gasteiger charge is -2.26. The molecule has 5 rings (SSSR count). The van der Waals surface area contributed by atoms with Gasteiger partial charge in [-0.25, -0.2) is 9.78 Å². The van der Waals surface area contributed by atoms with E-state index in [0.29, 0.717) is 30.4 Å². The molecular formula is C35H33NO5. The van der Waals surface area contributed by atoms with Gasteiger partial charge in [-0.15, -0.1) is 0 Å². The number of ether oxygens (including phenoxy) is 2. The Morgan fingerprint density at radius 1 is 0.829 bits per heavy atom. The van der Waals surface area contributed by atoms with Crippen molar-refractivity contribution in [3.8, 4) is 34.1 Å². The zero-order valence-electron chi connectivity index (χ0n) is 23.5. The van der Waals surface area contributed by atoms with Crippen LogP contribution in [-0.2, 0) is 17.6 Å². The summed E-state index contributed by atoms with van der Waals surface area (Å²) in [7, 11) is 0. The molecule has 0 spiro atoms. The molecule has 0 saturated carbocycles. The third kappa shape index (κ3) is 6.84. The van der Waals surface area contributed by atoms with Crippen LogP contribution in [0.1, 0.15) is 29.5 Å². The van der Waals surface area contributed by atoms with Gasteiger partial charge in [-0.05, 0) is 73.9 Å². The monoisotopic (exact) mass is 547 g/mol. The van der Waals surface area contributed by atoms with E-state index < -0.39 is 11.6 Å². The van der Waals surface area contributed by atoms with Crippen molar-refractivity contribution in [3.05, 3.63) is 126 Å².